The number of aromatic nitrogens is 1. The molecule has 5 rings (SSSR count). The average Bonchev–Trinajstić information content (AvgIpc) is 3.44. The summed E-state index contributed by atoms with van der Waals surface area (Å²) in [7, 11) is 0. The van der Waals surface area contributed by atoms with E-state index in [9.17, 15) is 14.4 Å². The van der Waals surface area contributed by atoms with Gasteiger partial charge in [0.1, 0.15) is 29.4 Å². The second-order valence-corrected chi connectivity index (χ2v) is 10.3. The van der Waals surface area contributed by atoms with Gasteiger partial charge in [-0.05, 0) is 42.8 Å². The summed E-state index contributed by atoms with van der Waals surface area (Å²) in [6.07, 6.45) is 3.10. The van der Waals surface area contributed by atoms with Gasteiger partial charge in [0.25, 0.3) is 5.91 Å². The molecule has 0 radical (unpaired) electrons. The Morgan fingerprint density at radius 1 is 1.16 bits per heavy atom. The second kappa shape index (κ2) is 10.4. The second-order valence-electron chi connectivity index (χ2n) is 8.36. The van der Waals surface area contributed by atoms with Gasteiger partial charge in [-0.3, -0.25) is 14.5 Å². The Hall–Kier alpha value is -4.02. The van der Waals surface area contributed by atoms with Crippen LogP contribution in [-0.2, 0) is 4.74 Å². The third-order valence-electron chi connectivity index (χ3n) is 5.90. The number of anilines is 1. The molecule has 2 aromatic carbocycles. The van der Waals surface area contributed by atoms with Crippen LogP contribution >= 0.6 is 27.3 Å². The summed E-state index contributed by atoms with van der Waals surface area (Å²) in [6.45, 7) is 9.25. The minimum absolute atomic E-state index is 0.0447. The summed E-state index contributed by atoms with van der Waals surface area (Å²) in [5.74, 6) is -0.555. The van der Waals surface area contributed by atoms with Crippen LogP contribution in [0.5, 0.6) is 5.75 Å². The monoisotopic (exact) mass is 592 g/mol. The summed E-state index contributed by atoms with van der Waals surface area (Å²) in [5, 5.41) is 0.582. The van der Waals surface area contributed by atoms with Crippen molar-refractivity contribution in [2.75, 3.05) is 18.1 Å². The van der Waals surface area contributed by atoms with Crippen LogP contribution in [0.4, 0.5) is 5.13 Å². The number of fused-ring (bicyclic) bond motifs is 2. The predicted molar refractivity (Wildman–Crippen MR) is 148 cm³/mol. The van der Waals surface area contributed by atoms with Crippen LogP contribution in [0.25, 0.3) is 11.0 Å². The largest absolute Gasteiger partial charge is 0.490 e. The van der Waals surface area contributed by atoms with E-state index in [1.165, 1.54) is 11.0 Å². The number of nitrogens with zero attached hydrogens (tertiary/aromatic N) is 2. The van der Waals surface area contributed by atoms with Crippen molar-refractivity contribution in [2.24, 2.45) is 0 Å². The molecule has 1 amide bonds. The van der Waals surface area contributed by atoms with Crippen LogP contribution in [0.3, 0.4) is 0 Å². The molecule has 0 spiro atoms. The summed E-state index contributed by atoms with van der Waals surface area (Å²) in [5.41, 5.74) is 1.22. The summed E-state index contributed by atoms with van der Waals surface area (Å²) >= 11 is 4.41. The minimum Gasteiger partial charge on any atom is -0.490 e. The Balaban J connectivity index is 1.68. The van der Waals surface area contributed by atoms with E-state index in [4.69, 9.17) is 13.9 Å². The van der Waals surface area contributed by atoms with Crippen LogP contribution < -0.4 is 15.1 Å². The molecule has 0 saturated heterocycles. The maximum Gasteiger partial charge on any atom is 0.350 e. The van der Waals surface area contributed by atoms with Gasteiger partial charge in [0.15, 0.2) is 10.6 Å². The van der Waals surface area contributed by atoms with Gasteiger partial charge in [-0.15, -0.1) is 0 Å². The number of benzene rings is 2. The van der Waals surface area contributed by atoms with E-state index in [1.807, 2.05) is 0 Å². The molecule has 1 aliphatic heterocycles. The Bertz CT molecular complexity index is 1660. The lowest BCUT2D eigenvalue weighted by atomic mass is 9.98. The molecule has 3 heterocycles. The van der Waals surface area contributed by atoms with E-state index < -0.39 is 17.9 Å². The third-order valence-corrected chi connectivity index (χ3v) is 7.53. The van der Waals surface area contributed by atoms with E-state index in [0.717, 1.165) is 11.3 Å². The van der Waals surface area contributed by atoms with E-state index in [-0.39, 0.29) is 33.4 Å². The van der Waals surface area contributed by atoms with Gasteiger partial charge in [-0.25, -0.2) is 9.78 Å². The van der Waals surface area contributed by atoms with Gasteiger partial charge in [-0.2, -0.15) is 0 Å². The number of carbonyl (C=O) groups is 2. The highest BCUT2D eigenvalue weighted by molar-refractivity contribution is 9.10. The van der Waals surface area contributed by atoms with E-state index in [1.54, 1.807) is 55.5 Å². The first-order valence-corrected chi connectivity index (χ1v) is 13.1. The normalized spacial score (nSPS) is 14.4. The maximum absolute atomic E-state index is 13.8. The highest BCUT2D eigenvalue weighted by Crippen LogP contribution is 2.43. The fraction of sp³-hybridized carbons (Fsp3) is 0.143. The fourth-order valence-electron chi connectivity index (χ4n) is 4.23. The van der Waals surface area contributed by atoms with Gasteiger partial charge in [0.05, 0.1) is 22.7 Å². The number of amides is 1. The van der Waals surface area contributed by atoms with Crippen molar-refractivity contribution >= 4 is 55.2 Å². The molecule has 0 fully saturated rings. The first-order valence-electron chi connectivity index (χ1n) is 11.5. The van der Waals surface area contributed by atoms with E-state index in [2.05, 4.69) is 34.1 Å². The van der Waals surface area contributed by atoms with Gasteiger partial charge >= 0.3 is 5.97 Å². The van der Waals surface area contributed by atoms with Gasteiger partial charge < -0.3 is 13.9 Å². The number of thiazole rings is 1. The minimum atomic E-state index is -0.840. The number of esters is 1. The highest BCUT2D eigenvalue weighted by atomic mass is 79.9. The molecule has 38 heavy (non-hydrogen) atoms. The van der Waals surface area contributed by atoms with Gasteiger partial charge in [-0.1, -0.05) is 64.7 Å². The van der Waals surface area contributed by atoms with Crippen molar-refractivity contribution in [3.63, 3.8) is 0 Å². The molecule has 8 nitrogen and oxygen atoms in total. The number of halogens is 1. The Morgan fingerprint density at radius 2 is 1.89 bits per heavy atom. The van der Waals surface area contributed by atoms with Crippen LogP contribution in [0.1, 0.15) is 43.1 Å². The van der Waals surface area contributed by atoms with Gasteiger partial charge in [0, 0.05) is 4.47 Å². The summed E-state index contributed by atoms with van der Waals surface area (Å²) in [6, 6.07) is 11.3. The number of aryl methyl sites for hydroxylation is 1. The average molecular weight is 593 g/mol. The third kappa shape index (κ3) is 4.46. The van der Waals surface area contributed by atoms with Crippen LogP contribution in [0.2, 0.25) is 0 Å². The highest BCUT2D eigenvalue weighted by Gasteiger charge is 2.45. The maximum atomic E-state index is 13.8. The zero-order valence-electron chi connectivity index (χ0n) is 20.2. The number of carbonyl (C=O) groups excluding carboxylic acids is 2. The molecule has 2 aromatic heterocycles. The summed E-state index contributed by atoms with van der Waals surface area (Å²) in [4.78, 5) is 46.3. The molecule has 1 unspecified atom stereocenters. The molecule has 0 bridgehead atoms. The number of hydrogen-bond acceptors (Lipinski definition) is 8. The lowest BCUT2D eigenvalue weighted by Gasteiger charge is -2.22. The zero-order valence-corrected chi connectivity index (χ0v) is 22.6. The molecule has 0 N–H and O–H groups in total. The lowest BCUT2D eigenvalue weighted by Crippen LogP contribution is -2.29. The zero-order chi connectivity index (χ0) is 27.0. The molecule has 0 aliphatic carbocycles. The molecule has 192 valence electrons. The molecular weight excluding hydrogens is 572 g/mol. The van der Waals surface area contributed by atoms with Crippen molar-refractivity contribution in [3.05, 3.63) is 110 Å². The Morgan fingerprint density at radius 3 is 2.61 bits per heavy atom. The number of hydrogen-bond donors (Lipinski definition) is 0. The molecule has 4 aromatic rings. The quantitative estimate of drug-likeness (QED) is 0.183. The van der Waals surface area contributed by atoms with Gasteiger partial charge in [0.2, 0.25) is 5.76 Å². The van der Waals surface area contributed by atoms with Crippen molar-refractivity contribution in [3.8, 4) is 5.75 Å². The summed E-state index contributed by atoms with van der Waals surface area (Å²) < 4.78 is 17.5. The predicted octanol–water partition coefficient (Wildman–Crippen LogP) is 5.98. The van der Waals surface area contributed by atoms with Crippen molar-refractivity contribution in [1.82, 2.24) is 4.98 Å². The van der Waals surface area contributed by atoms with E-state index >= 15 is 0 Å². The number of ether oxygens (including phenoxy) is 2. The van der Waals surface area contributed by atoms with E-state index in [0.29, 0.717) is 39.1 Å². The molecule has 1 atom stereocenters. The first kappa shape index (κ1) is 25.6. The lowest BCUT2D eigenvalue weighted by molar-refractivity contribution is 0.0554. The Labute approximate surface area is 229 Å². The number of rotatable bonds is 8. The van der Waals surface area contributed by atoms with Crippen LogP contribution in [-0.4, -0.2) is 30.1 Å². The van der Waals surface area contributed by atoms with Crippen molar-refractivity contribution in [1.29, 1.82) is 0 Å². The Kier molecular flexibility index (Phi) is 7.00. The molecule has 1 aliphatic rings. The van der Waals surface area contributed by atoms with Crippen molar-refractivity contribution in [2.45, 2.75) is 13.0 Å². The molecule has 10 heteroatoms. The van der Waals surface area contributed by atoms with Crippen LogP contribution in [0.15, 0.2) is 81.5 Å². The SMILES string of the molecule is C=CCOC(=O)c1sc(N2C(=O)c3oc4ccc(Br)cc4c(=O)c3C2c2ccc(OCC=C)cc2)nc1C. The fourth-order valence-corrected chi connectivity index (χ4v) is 5.58. The first-order chi connectivity index (χ1) is 18.3. The molecule has 0 saturated carbocycles. The molecular formula is C28H21BrN2O6S. The van der Waals surface area contributed by atoms with Crippen molar-refractivity contribution < 1.29 is 23.5 Å². The smallest absolute Gasteiger partial charge is 0.350 e. The standard InChI is InChI=1S/C28H21BrN2O6S/c1-4-12-35-18-9-6-16(7-10-18)22-21-23(32)19-14-17(29)8-11-20(19)37-24(21)26(33)31(22)28-30-15(3)25(38-28)27(34)36-13-5-2/h4-11,14,22H,1-2,12-13H2,3H3. The van der Waals surface area contributed by atoms with Crippen LogP contribution in [0, 0.1) is 6.92 Å². The topological polar surface area (TPSA) is 98.9 Å².